The summed E-state index contributed by atoms with van der Waals surface area (Å²) in [6.07, 6.45) is 0. The quantitative estimate of drug-likeness (QED) is 0.695. The van der Waals surface area contributed by atoms with Gasteiger partial charge in [-0.3, -0.25) is 14.9 Å². The Kier molecular flexibility index (Phi) is 3.84. The molecule has 3 rings (SSSR count). The zero-order chi connectivity index (χ0) is 16.4. The molecule has 0 aromatic heterocycles. The first kappa shape index (κ1) is 14.8. The monoisotopic (exact) mass is 314 g/mol. The highest BCUT2D eigenvalue weighted by molar-refractivity contribution is 6.05. The van der Waals surface area contributed by atoms with E-state index in [4.69, 9.17) is 9.47 Å². The van der Waals surface area contributed by atoms with Crippen molar-refractivity contribution in [2.45, 2.75) is 6.92 Å². The Hall–Kier alpha value is -3.09. The lowest BCUT2D eigenvalue weighted by molar-refractivity contribution is -0.384. The van der Waals surface area contributed by atoms with Gasteiger partial charge >= 0.3 is 0 Å². The van der Waals surface area contributed by atoms with Crippen molar-refractivity contribution in [1.82, 2.24) is 0 Å². The van der Waals surface area contributed by atoms with E-state index < -0.39 is 10.8 Å². The van der Waals surface area contributed by atoms with Crippen LogP contribution in [0.4, 0.5) is 11.4 Å². The number of rotatable bonds is 3. The van der Waals surface area contributed by atoms with Crippen molar-refractivity contribution < 1.29 is 19.2 Å². The van der Waals surface area contributed by atoms with Gasteiger partial charge in [-0.15, -0.1) is 0 Å². The molecule has 1 heterocycles. The lowest BCUT2D eigenvalue weighted by atomic mass is 10.1. The van der Waals surface area contributed by atoms with Crippen LogP contribution in [0.25, 0.3) is 0 Å². The van der Waals surface area contributed by atoms with Gasteiger partial charge in [-0.2, -0.15) is 0 Å². The average Bonchev–Trinajstić information content (AvgIpc) is 2.55. The first-order valence-electron chi connectivity index (χ1n) is 7.00. The molecule has 0 unspecified atom stereocenters. The number of anilines is 1. The number of hydrogen-bond donors (Lipinski definition) is 1. The van der Waals surface area contributed by atoms with Crippen molar-refractivity contribution in [3.05, 3.63) is 57.6 Å². The number of fused-ring (bicyclic) bond motifs is 1. The van der Waals surface area contributed by atoms with Gasteiger partial charge in [0, 0.05) is 11.6 Å². The third kappa shape index (κ3) is 3.08. The molecule has 23 heavy (non-hydrogen) atoms. The molecule has 1 aliphatic heterocycles. The van der Waals surface area contributed by atoms with Gasteiger partial charge in [-0.25, -0.2) is 0 Å². The predicted octanol–water partition coefficient (Wildman–Crippen LogP) is 2.93. The SMILES string of the molecule is Cc1ccc(NC(=O)c2ccc3c(c2)OCCO3)c([N+](=O)[O-])c1. The third-order valence-electron chi connectivity index (χ3n) is 3.40. The molecular weight excluding hydrogens is 300 g/mol. The minimum atomic E-state index is -0.521. The van der Waals surface area contributed by atoms with Crippen LogP contribution in [0.15, 0.2) is 36.4 Å². The second-order valence-corrected chi connectivity index (χ2v) is 5.09. The molecule has 7 heteroatoms. The standard InChI is InChI=1S/C16H14N2O5/c1-10-2-4-12(13(8-10)18(20)21)17-16(19)11-3-5-14-15(9-11)23-7-6-22-14/h2-5,8-9H,6-7H2,1H3,(H,17,19). The zero-order valence-corrected chi connectivity index (χ0v) is 12.4. The van der Waals surface area contributed by atoms with Crippen molar-refractivity contribution in [1.29, 1.82) is 0 Å². The summed E-state index contributed by atoms with van der Waals surface area (Å²) in [5, 5.41) is 13.7. The number of benzene rings is 2. The fourth-order valence-corrected chi connectivity index (χ4v) is 2.28. The molecular formula is C16H14N2O5. The van der Waals surface area contributed by atoms with Crippen LogP contribution in [0.3, 0.4) is 0 Å². The summed E-state index contributed by atoms with van der Waals surface area (Å²) in [5.74, 6) is 0.616. The van der Waals surface area contributed by atoms with Crippen molar-refractivity contribution in [2.75, 3.05) is 18.5 Å². The molecule has 118 valence electrons. The summed E-state index contributed by atoms with van der Waals surface area (Å²) in [5.41, 5.74) is 1.09. The van der Waals surface area contributed by atoms with E-state index in [1.165, 1.54) is 12.1 Å². The Labute approximate surface area is 132 Å². The van der Waals surface area contributed by atoms with Crippen LogP contribution in [0.2, 0.25) is 0 Å². The van der Waals surface area contributed by atoms with Crippen molar-refractivity contribution in [3.63, 3.8) is 0 Å². The summed E-state index contributed by atoms with van der Waals surface area (Å²) in [6, 6.07) is 9.43. The zero-order valence-electron chi connectivity index (χ0n) is 12.4. The molecule has 0 aliphatic carbocycles. The van der Waals surface area contributed by atoms with E-state index in [1.807, 2.05) is 0 Å². The van der Waals surface area contributed by atoms with Crippen LogP contribution in [0, 0.1) is 17.0 Å². The molecule has 0 atom stereocenters. The molecule has 0 saturated carbocycles. The fraction of sp³-hybridized carbons (Fsp3) is 0.188. The van der Waals surface area contributed by atoms with Gasteiger partial charge in [0.05, 0.1) is 4.92 Å². The van der Waals surface area contributed by atoms with Crippen LogP contribution < -0.4 is 14.8 Å². The number of aryl methyl sites for hydroxylation is 1. The van der Waals surface area contributed by atoms with E-state index in [2.05, 4.69) is 5.32 Å². The number of carbonyl (C=O) groups is 1. The third-order valence-corrected chi connectivity index (χ3v) is 3.40. The molecule has 7 nitrogen and oxygen atoms in total. The smallest absolute Gasteiger partial charge is 0.293 e. The van der Waals surface area contributed by atoms with Gasteiger partial charge in [0.25, 0.3) is 11.6 Å². The second kappa shape index (κ2) is 5.96. The molecule has 0 saturated heterocycles. The number of nitro groups is 1. The summed E-state index contributed by atoms with van der Waals surface area (Å²) in [7, 11) is 0. The van der Waals surface area contributed by atoms with E-state index in [0.29, 0.717) is 30.3 Å². The topological polar surface area (TPSA) is 90.7 Å². The van der Waals surface area contributed by atoms with E-state index in [9.17, 15) is 14.9 Å². The lowest BCUT2D eigenvalue weighted by Gasteiger charge is -2.18. The largest absolute Gasteiger partial charge is 0.486 e. The van der Waals surface area contributed by atoms with Gasteiger partial charge in [-0.1, -0.05) is 6.07 Å². The molecule has 2 aromatic rings. The maximum absolute atomic E-state index is 12.3. The van der Waals surface area contributed by atoms with Gasteiger partial charge in [0.15, 0.2) is 11.5 Å². The predicted molar refractivity (Wildman–Crippen MR) is 83.2 cm³/mol. The molecule has 1 amide bonds. The lowest BCUT2D eigenvalue weighted by Crippen LogP contribution is -2.17. The maximum Gasteiger partial charge on any atom is 0.293 e. The Bertz CT molecular complexity index is 788. The molecule has 1 aliphatic rings. The Morgan fingerprint density at radius 1 is 1.13 bits per heavy atom. The Morgan fingerprint density at radius 2 is 1.87 bits per heavy atom. The number of nitro benzene ring substituents is 1. The molecule has 0 fully saturated rings. The number of carbonyl (C=O) groups excluding carboxylic acids is 1. The summed E-state index contributed by atoms with van der Waals surface area (Å²) in [6.45, 7) is 2.63. The van der Waals surface area contributed by atoms with Crippen LogP contribution >= 0.6 is 0 Å². The van der Waals surface area contributed by atoms with Gasteiger partial charge in [0.2, 0.25) is 0 Å². The van der Waals surface area contributed by atoms with Crippen LogP contribution in [-0.2, 0) is 0 Å². The maximum atomic E-state index is 12.3. The Balaban J connectivity index is 1.86. The summed E-state index contributed by atoms with van der Waals surface area (Å²) >= 11 is 0. The summed E-state index contributed by atoms with van der Waals surface area (Å²) < 4.78 is 10.8. The number of ether oxygens (including phenoxy) is 2. The minimum absolute atomic E-state index is 0.143. The van der Waals surface area contributed by atoms with Crippen LogP contribution in [0.1, 0.15) is 15.9 Å². The van der Waals surface area contributed by atoms with E-state index >= 15 is 0 Å². The molecule has 2 aromatic carbocycles. The van der Waals surface area contributed by atoms with Gasteiger partial charge in [-0.05, 0) is 36.8 Å². The van der Waals surface area contributed by atoms with Gasteiger partial charge < -0.3 is 14.8 Å². The van der Waals surface area contributed by atoms with Crippen molar-refractivity contribution >= 4 is 17.3 Å². The van der Waals surface area contributed by atoms with Crippen molar-refractivity contribution in [3.8, 4) is 11.5 Å². The summed E-state index contributed by atoms with van der Waals surface area (Å²) in [4.78, 5) is 22.9. The molecule has 0 radical (unpaired) electrons. The second-order valence-electron chi connectivity index (χ2n) is 5.09. The van der Waals surface area contributed by atoms with Gasteiger partial charge in [0.1, 0.15) is 18.9 Å². The highest BCUT2D eigenvalue weighted by Gasteiger charge is 2.19. The van der Waals surface area contributed by atoms with Crippen molar-refractivity contribution in [2.24, 2.45) is 0 Å². The van der Waals surface area contributed by atoms with Crippen LogP contribution in [0.5, 0.6) is 11.5 Å². The fourth-order valence-electron chi connectivity index (χ4n) is 2.28. The van der Waals surface area contributed by atoms with E-state index in [-0.39, 0.29) is 11.4 Å². The van der Waals surface area contributed by atoms with Crippen LogP contribution in [-0.4, -0.2) is 24.0 Å². The molecule has 0 spiro atoms. The number of nitrogens with zero attached hydrogens (tertiary/aromatic N) is 1. The molecule has 1 N–H and O–H groups in total. The molecule has 0 bridgehead atoms. The Morgan fingerprint density at radius 3 is 2.61 bits per heavy atom. The highest BCUT2D eigenvalue weighted by Crippen LogP contribution is 2.31. The number of nitrogens with one attached hydrogen (secondary N) is 1. The average molecular weight is 314 g/mol. The minimum Gasteiger partial charge on any atom is -0.486 e. The highest BCUT2D eigenvalue weighted by atomic mass is 16.6. The number of hydrogen-bond acceptors (Lipinski definition) is 5. The van der Waals surface area contributed by atoms with E-state index in [1.54, 1.807) is 31.2 Å². The normalized spacial score (nSPS) is 12.6. The number of amides is 1. The first-order chi connectivity index (χ1) is 11.0. The van der Waals surface area contributed by atoms with E-state index in [0.717, 1.165) is 5.56 Å². The first-order valence-corrected chi connectivity index (χ1v) is 7.00.